The number of rotatable bonds is 3. The molecule has 0 unspecified atom stereocenters. The van der Waals surface area contributed by atoms with E-state index in [-0.39, 0.29) is 0 Å². The van der Waals surface area contributed by atoms with E-state index in [2.05, 4.69) is 4.90 Å². The number of aryl methyl sites for hydroxylation is 2. The van der Waals surface area contributed by atoms with Gasteiger partial charge < -0.3 is 5.11 Å². The maximum atomic E-state index is 11.1. The van der Waals surface area contributed by atoms with Crippen LogP contribution in [0.2, 0.25) is 0 Å². The van der Waals surface area contributed by atoms with Crippen molar-refractivity contribution in [2.75, 3.05) is 6.54 Å². The lowest BCUT2D eigenvalue weighted by atomic mass is 10.1. The summed E-state index contributed by atoms with van der Waals surface area (Å²) >= 11 is 3.29. The van der Waals surface area contributed by atoms with Crippen molar-refractivity contribution in [3.8, 4) is 0 Å². The molecule has 2 aromatic rings. The van der Waals surface area contributed by atoms with Crippen LogP contribution in [-0.2, 0) is 32.4 Å². The first-order chi connectivity index (χ1) is 10.2. The van der Waals surface area contributed by atoms with Crippen molar-refractivity contribution in [2.24, 2.45) is 0 Å². The molecule has 0 aromatic carbocycles. The first-order valence-electron chi connectivity index (χ1n) is 7.24. The number of hydrogen-bond acceptors (Lipinski definition) is 5. The molecule has 2 aromatic heterocycles. The van der Waals surface area contributed by atoms with Gasteiger partial charge in [0, 0.05) is 22.8 Å². The van der Waals surface area contributed by atoms with E-state index < -0.39 is 5.97 Å². The van der Waals surface area contributed by atoms with E-state index in [4.69, 9.17) is 10.1 Å². The Hall–Kier alpha value is -1.24. The molecule has 3 heterocycles. The van der Waals surface area contributed by atoms with Gasteiger partial charge in [-0.3, -0.25) is 4.90 Å². The van der Waals surface area contributed by atoms with Gasteiger partial charge in [0.1, 0.15) is 9.88 Å². The second-order valence-corrected chi connectivity index (χ2v) is 7.96. The summed E-state index contributed by atoms with van der Waals surface area (Å²) in [6, 6.07) is 1.84. The molecule has 21 heavy (non-hydrogen) atoms. The van der Waals surface area contributed by atoms with E-state index in [1.54, 1.807) is 0 Å². The second-order valence-electron chi connectivity index (χ2n) is 5.66. The van der Waals surface area contributed by atoms with Crippen LogP contribution in [0.15, 0.2) is 6.07 Å². The Morgan fingerprint density at radius 2 is 2.19 bits per heavy atom. The van der Waals surface area contributed by atoms with E-state index in [0.29, 0.717) is 4.88 Å². The molecule has 2 aliphatic rings. The second kappa shape index (κ2) is 5.19. The molecule has 0 atom stereocenters. The minimum absolute atomic E-state index is 0.468. The van der Waals surface area contributed by atoms with Gasteiger partial charge >= 0.3 is 5.97 Å². The summed E-state index contributed by atoms with van der Waals surface area (Å²) in [5, 5.41) is 10.3. The fraction of sp³-hybridized carbons (Fsp3) is 0.467. The summed E-state index contributed by atoms with van der Waals surface area (Å²) in [6.45, 7) is 2.75. The van der Waals surface area contributed by atoms with Gasteiger partial charge in [0.2, 0.25) is 0 Å². The van der Waals surface area contributed by atoms with Crippen molar-refractivity contribution in [2.45, 2.75) is 38.8 Å². The number of fused-ring (bicyclic) bond motifs is 2. The van der Waals surface area contributed by atoms with Gasteiger partial charge in [0.15, 0.2) is 0 Å². The Labute approximate surface area is 131 Å². The third-order valence-electron chi connectivity index (χ3n) is 4.17. The third kappa shape index (κ3) is 2.52. The van der Waals surface area contributed by atoms with Crippen molar-refractivity contribution >= 4 is 28.6 Å². The van der Waals surface area contributed by atoms with Crippen LogP contribution >= 0.6 is 22.7 Å². The Balaban J connectivity index is 1.48. The third-order valence-corrected chi connectivity index (χ3v) is 6.46. The van der Waals surface area contributed by atoms with Gasteiger partial charge in [-0.05, 0) is 37.3 Å². The number of carbonyl (C=O) groups is 1. The summed E-state index contributed by atoms with van der Waals surface area (Å²) < 4.78 is 0. The lowest BCUT2D eigenvalue weighted by molar-refractivity contribution is 0.0702. The van der Waals surface area contributed by atoms with Crippen molar-refractivity contribution < 1.29 is 9.90 Å². The number of thiazole rings is 1. The predicted octanol–water partition coefficient (Wildman–Crippen LogP) is 2.95. The minimum atomic E-state index is -0.808. The molecule has 0 amide bonds. The molecule has 0 bridgehead atoms. The highest BCUT2D eigenvalue weighted by Gasteiger charge is 2.23. The number of thiophene rings is 1. The fourth-order valence-electron chi connectivity index (χ4n) is 3.12. The van der Waals surface area contributed by atoms with Crippen LogP contribution in [0.5, 0.6) is 0 Å². The average Bonchev–Trinajstić information content (AvgIpc) is 3.10. The van der Waals surface area contributed by atoms with Crippen LogP contribution in [0.3, 0.4) is 0 Å². The smallest absolute Gasteiger partial charge is 0.345 e. The Morgan fingerprint density at radius 1 is 1.29 bits per heavy atom. The van der Waals surface area contributed by atoms with Gasteiger partial charge in [0.25, 0.3) is 0 Å². The molecular formula is C15H16N2O2S2. The first kappa shape index (κ1) is 13.4. The molecule has 0 radical (unpaired) electrons. The van der Waals surface area contributed by atoms with E-state index in [9.17, 15) is 4.79 Å². The molecule has 1 aliphatic heterocycles. The number of carboxylic acid groups (broad SMARTS) is 1. The lowest BCUT2D eigenvalue weighted by Gasteiger charge is -2.25. The molecule has 4 rings (SSSR count). The number of aromatic nitrogens is 1. The Morgan fingerprint density at radius 3 is 3.00 bits per heavy atom. The zero-order chi connectivity index (χ0) is 14.4. The van der Waals surface area contributed by atoms with Gasteiger partial charge in [-0.2, -0.15) is 0 Å². The van der Waals surface area contributed by atoms with E-state index >= 15 is 0 Å². The van der Waals surface area contributed by atoms with Gasteiger partial charge in [-0.15, -0.1) is 22.7 Å². The number of aromatic carboxylic acids is 1. The van der Waals surface area contributed by atoms with Gasteiger partial charge in [-0.1, -0.05) is 0 Å². The normalized spacial score (nSPS) is 17.7. The van der Waals surface area contributed by atoms with E-state index in [1.165, 1.54) is 50.2 Å². The average molecular weight is 320 g/mol. The van der Waals surface area contributed by atoms with Crippen molar-refractivity contribution in [1.82, 2.24) is 9.88 Å². The molecule has 0 spiro atoms. The summed E-state index contributed by atoms with van der Waals surface area (Å²) in [4.78, 5) is 21.4. The number of nitrogens with zero attached hydrogens (tertiary/aromatic N) is 2. The summed E-state index contributed by atoms with van der Waals surface area (Å²) in [7, 11) is 0. The van der Waals surface area contributed by atoms with E-state index in [1.807, 2.05) is 17.4 Å². The van der Waals surface area contributed by atoms with Crippen LogP contribution in [0.25, 0.3) is 0 Å². The zero-order valence-corrected chi connectivity index (χ0v) is 13.2. The molecule has 0 fully saturated rings. The van der Waals surface area contributed by atoms with Crippen molar-refractivity contribution in [3.05, 3.63) is 37.0 Å². The quantitative estimate of drug-likeness (QED) is 0.945. The highest BCUT2D eigenvalue weighted by atomic mass is 32.1. The van der Waals surface area contributed by atoms with Crippen LogP contribution < -0.4 is 0 Å². The van der Waals surface area contributed by atoms with Crippen LogP contribution in [-0.4, -0.2) is 27.5 Å². The summed E-state index contributed by atoms with van der Waals surface area (Å²) in [5.41, 5.74) is 2.53. The first-order valence-corrected chi connectivity index (χ1v) is 8.87. The monoisotopic (exact) mass is 320 g/mol. The maximum Gasteiger partial charge on any atom is 0.345 e. The standard InChI is InChI=1S/C15H16N2O2S2/c18-15(19)12-6-9-4-5-17(7-13(9)20-12)8-14-16-10-2-1-3-11(10)21-14/h6H,1-5,7-8H2,(H,18,19). The lowest BCUT2D eigenvalue weighted by Crippen LogP contribution is -2.28. The molecule has 1 aliphatic carbocycles. The molecular weight excluding hydrogens is 304 g/mol. The van der Waals surface area contributed by atoms with Crippen LogP contribution in [0.1, 0.15) is 42.1 Å². The SMILES string of the molecule is O=C(O)c1cc2c(s1)CN(Cc1nc3c(s1)CCC3)CC2. The minimum Gasteiger partial charge on any atom is -0.477 e. The van der Waals surface area contributed by atoms with Crippen LogP contribution in [0, 0.1) is 0 Å². The molecule has 4 nitrogen and oxygen atoms in total. The summed E-state index contributed by atoms with van der Waals surface area (Å²) in [5.74, 6) is -0.808. The Kier molecular flexibility index (Phi) is 3.32. The maximum absolute atomic E-state index is 11.1. The predicted molar refractivity (Wildman–Crippen MR) is 83.2 cm³/mol. The van der Waals surface area contributed by atoms with Crippen LogP contribution in [0.4, 0.5) is 0 Å². The fourth-order valence-corrected chi connectivity index (χ4v) is 5.41. The highest BCUT2D eigenvalue weighted by molar-refractivity contribution is 7.14. The zero-order valence-electron chi connectivity index (χ0n) is 11.6. The van der Waals surface area contributed by atoms with E-state index in [0.717, 1.165) is 32.5 Å². The van der Waals surface area contributed by atoms with Gasteiger partial charge in [-0.25, -0.2) is 9.78 Å². The topological polar surface area (TPSA) is 53.4 Å². The van der Waals surface area contributed by atoms with Crippen molar-refractivity contribution in [1.29, 1.82) is 0 Å². The molecule has 6 heteroatoms. The molecule has 0 saturated carbocycles. The highest BCUT2D eigenvalue weighted by Crippen LogP contribution is 2.31. The van der Waals surface area contributed by atoms with Crippen molar-refractivity contribution in [3.63, 3.8) is 0 Å². The molecule has 1 N–H and O–H groups in total. The Bertz CT molecular complexity index is 683. The number of hydrogen-bond donors (Lipinski definition) is 1. The van der Waals surface area contributed by atoms with Gasteiger partial charge in [0.05, 0.1) is 12.2 Å². The summed E-state index contributed by atoms with van der Waals surface area (Å²) in [6.07, 6.45) is 4.55. The molecule has 0 saturated heterocycles. The largest absolute Gasteiger partial charge is 0.477 e. The molecule has 110 valence electrons. The number of carboxylic acids is 1.